The molecule has 0 saturated carbocycles. The largest absolute Gasteiger partial charge is 0.375 e. The molecule has 0 radical (unpaired) electrons. The molecule has 0 spiro atoms. The quantitative estimate of drug-likeness (QED) is 0.323. The third-order valence-corrected chi connectivity index (χ3v) is 4.19. The normalized spacial score (nSPS) is 13.1. The molecule has 1 unspecified atom stereocenters. The van der Waals surface area contributed by atoms with Gasteiger partial charge in [-0.15, -0.1) is 24.0 Å². The van der Waals surface area contributed by atoms with Gasteiger partial charge in [-0.25, -0.2) is 4.39 Å². The number of nitrogens with one attached hydrogen (secondary N) is 2. The maximum absolute atomic E-state index is 13.1. The zero-order chi connectivity index (χ0) is 18.8. The van der Waals surface area contributed by atoms with Gasteiger partial charge in [0.25, 0.3) is 0 Å². The molecule has 0 saturated heterocycles. The van der Waals surface area contributed by atoms with Gasteiger partial charge in [0.2, 0.25) is 0 Å². The van der Waals surface area contributed by atoms with Crippen molar-refractivity contribution < 1.29 is 9.13 Å². The highest BCUT2D eigenvalue weighted by Crippen LogP contribution is 2.16. The smallest absolute Gasteiger partial charge is 0.191 e. The number of benzene rings is 1. The number of hydrogen-bond donors (Lipinski definition) is 2. The molecule has 7 heteroatoms. The second kappa shape index (κ2) is 13.3. The molecule has 1 aromatic carbocycles. The van der Waals surface area contributed by atoms with E-state index in [1.54, 1.807) is 26.3 Å². The molecule has 26 heavy (non-hydrogen) atoms. The van der Waals surface area contributed by atoms with Crippen LogP contribution in [0.5, 0.6) is 0 Å². The summed E-state index contributed by atoms with van der Waals surface area (Å²) in [5.74, 6) is 0.487. The van der Waals surface area contributed by atoms with Crippen molar-refractivity contribution in [3.8, 4) is 0 Å². The third kappa shape index (κ3) is 8.64. The number of aliphatic imine (C=N–C) groups is 1. The van der Waals surface area contributed by atoms with Gasteiger partial charge in [-0.3, -0.25) is 9.89 Å². The van der Waals surface area contributed by atoms with Crippen LogP contribution >= 0.6 is 24.0 Å². The van der Waals surface area contributed by atoms with E-state index in [1.807, 2.05) is 0 Å². The molecule has 0 aliphatic heterocycles. The first-order valence-corrected chi connectivity index (χ1v) is 8.87. The minimum absolute atomic E-state index is 0. The maximum atomic E-state index is 13.1. The molecule has 0 bridgehead atoms. The summed E-state index contributed by atoms with van der Waals surface area (Å²) >= 11 is 0. The van der Waals surface area contributed by atoms with Gasteiger partial charge in [-0.05, 0) is 45.4 Å². The molecule has 1 rings (SSSR count). The molecule has 1 atom stereocenters. The van der Waals surface area contributed by atoms with E-state index in [4.69, 9.17) is 4.74 Å². The molecule has 0 heterocycles. The Morgan fingerprint density at radius 1 is 1.12 bits per heavy atom. The van der Waals surface area contributed by atoms with Crippen molar-refractivity contribution in [1.82, 2.24) is 15.5 Å². The Bertz CT molecular complexity index is 515. The summed E-state index contributed by atoms with van der Waals surface area (Å²) in [6.07, 6.45) is -0.165. The van der Waals surface area contributed by atoms with Gasteiger partial charge in [0, 0.05) is 45.9 Å². The van der Waals surface area contributed by atoms with E-state index in [1.165, 1.54) is 12.1 Å². The summed E-state index contributed by atoms with van der Waals surface area (Å²) in [6.45, 7) is 11.1. The molecule has 5 nitrogen and oxygen atoms in total. The van der Waals surface area contributed by atoms with Crippen LogP contribution in [0.2, 0.25) is 0 Å². The average molecular weight is 480 g/mol. The van der Waals surface area contributed by atoms with Crippen LogP contribution in [-0.4, -0.2) is 56.7 Å². The average Bonchev–Trinajstić information content (AvgIpc) is 2.57. The van der Waals surface area contributed by atoms with E-state index in [2.05, 4.69) is 48.2 Å². The Balaban J connectivity index is 0.00000625. The highest BCUT2D eigenvalue weighted by molar-refractivity contribution is 14.0. The molecule has 150 valence electrons. The summed E-state index contributed by atoms with van der Waals surface area (Å²) in [6, 6.07) is 7.39. The lowest BCUT2D eigenvalue weighted by Crippen LogP contribution is -2.46. The first-order chi connectivity index (χ1) is 11.9. The fraction of sp³-hybridized carbons (Fsp3) is 0.632. The number of rotatable bonds is 9. The zero-order valence-electron chi connectivity index (χ0n) is 16.8. The van der Waals surface area contributed by atoms with E-state index in [0.717, 1.165) is 24.6 Å². The van der Waals surface area contributed by atoms with Crippen LogP contribution in [0.15, 0.2) is 29.3 Å². The molecule has 0 amide bonds. The van der Waals surface area contributed by atoms with Gasteiger partial charge >= 0.3 is 0 Å². The second-order valence-electron chi connectivity index (χ2n) is 6.58. The summed E-state index contributed by atoms with van der Waals surface area (Å²) in [7, 11) is 3.40. The highest BCUT2D eigenvalue weighted by atomic mass is 127. The van der Waals surface area contributed by atoms with Crippen LogP contribution in [0, 0.1) is 5.82 Å². The second-order valence-corrected chi connectivity index (χ2v) is 6.58. The van der Waals surface area contributed by atoms with Crippen molar-refractivity contribution in [2.75, 3.05) is 33.8 Å². The Morgan fingerprint density at radius 2 is 1.69 bits per heavy atom. The monoisotopic (exact) mass is 480 g/mol. The van der Waals surface area contributed by atoms with E-state index < -0.39 is 0 Å². The first-order valence-electron chi connectivity index (χ1n) is 8.87. The summed E-state index contributed by atoms with van der Waals surface area (Å²) in [5.41, 5.74) is 0.928. The predicted molar refractivity (Wildman–Crippen MR) is 118 cm³/mol. The predicted octanol–water partition coefficient (Wildman–Crippen LogP) is 3.42. The van der Waals surface area contributed by atoms with Crippen LogP contribution in [-0.2, 0) is 4.74 Å². The van der Waals surface area contributed by atoms with E-state index in [9.17, 15) is 4.39 Å². The van der Waals surface area contributed by atoms with Crippen LogP contribution < -0.4 is 10.6 Å². The summed E-state index contributed by atoms with van der Waals surface area (Å²) in [5, 5.41) is 6.60. The Kier molecular flexibility index (Phi) is 12.8. The van der Waals surface area contributed by atoms with Gasteiger partial charge in [0.05, 0.1) is 6.10 Å². The molecule has 0 fully saturated rings. The molecular formula is C19H34FIN4O. The number of halogens is 2. The number of hydrogen-bond acceptors (Lipinski definition) is 3. The topological polar surface area (TPSA) is 48.9 Å². The first kappa shape index (κ1) is 25.1. The Labute approximate surface area is 174 Å². The minimum Gasteiger partial charge on any atom is -0.375 e. The standard InChI is InChI=1S/C19H33FN4O.HI/c1-14(2)24(15(3)4)12-11-22-19(21-5)23-13-18(25-6)16-7-9-17(20)10-8-16;/h7-10,14-15,18H,11-13H2,1-6H3,(H2,21,22,23);1H. The lowest BCUT2D eigenvalue weighted by Gasteiger charge is -2.30. The lowest BCUT2D eigenvalue weighted by molar-refractivity contribution is 0.106. The van der Waals surface area contributed by atoms with E-state index in [0.29, 0.717) is 18.6 Å². The fourth-order valence-electron chi connectivity index (χ4n) is 2.84. The number of guanidine groups is 1. The van der Waals surface area contributed by atoms with Crippen molar-refractivity contribution >= 4 is 29.9 Å². The molecule has 2 N–H and O–H groups in total. The number of ether oxygens (including phenoxy) is 1. The van der Waals surface area contributed by atoms with E-state index >= 15 is 0 Å². The fourth-order valence-corrected chi connectivity index (χ4v) is 2.84. The lowest BCUT2D eigenvalue weighted by atomic mass is 10.1. The van der Waals surface area contributed by atoms with Crippen LogP contribution in [0.4, 0.5) is 4.39 Å². The van der Waals surface area contributed by atoms with Gasteiger partial charge in [-0.2, -0.15) is 0 Å². The highest BCUT2D eigenvalue weighted by Gasteiger charge is 2.14. The molecule has 0 aromatic heterocycles. The van der Waals surface area contributed by atoms with Crippen molar-refractivity contribution in [1.29, 1.82) is 0 Å². The molecular weight excluding hydrogens is 446 g/mol. The zero-order valence-corrected chi connectivity index (χ0v) is 19.1. The van der Waals surface area contributed by atoms with Crippen LogP contribution in [0.25, 0.3) is 0 Å². The van der Waals surface area contributed by atoms with Crippen molar-refractivity contribution in [3.63, 3.8) is 0 Å². The minimum atomic E-state index is -0.246. The number of nitrogens with zero attached hydrogens (tertiary/aromatic N) is 2. The van der Waals surface area contributed by atoms with E-state index in [-0.39, 0.29) is 35.9 Å². The van der Waals surface area contributed by atoms with Gasteiger partial charge < -0.3 is 15.4 Å². The maximum Gasteiger partial charge on any atom is 0.191 e. The van der Waals surface area contributed by atoms with Crippen LogP contribution in [0.3, 0.4) is 0 Å². The molecule has 1 aromatic rings. The Hall–Kier alpha value is -0.930. The summed E-state index contributed by atoms with van der Waals surface area (Å²) < 4.78 is 18.6. The van der Waals surface area contributed by atoms with Crippen molar-refractivity contribution in [2.45, 2.75) is 45.9 Å². The number of methoxy groups -OCH3 is 1. The van der Waals surface area contributed by atoms with Crippen LogP contribution in [0.1, 0.15) is 39.4 Å². The SMILES string of the molecule is CN=C(NCCN(C(C)C)C(C)C)NCC(OC)c1ccc(F)cc1.I. The molecule has 0 aliphatic carbocycles. The van der Waals surface area contributed by atoms with Gasteiger partial charge in [-0.1, -0.05) is 12.1 Å². The van der Waals surface area contributed by atoms with Crippen molar-refractivity contribution in [2.24, 2.45) is 4.99 Å². The van der Waals surface area contributed by atoms with Gasteiger partial charge in [0.1, 0.15) is 5.82 Å². The molecule has 0 aliphatic rings. The summed E-state index contributed by atoms with van der Waals surface area (Å²) in [4.78, 5) is 6.68. The third-order valence-electron chi connectivity index (χ3n) is 4.19. The Morgan fingerprint density at radius 3 is 2.15 bits per heavy atom. The van der Waals surface area contributed by atoms with Gasteiger partial charge in [0.15, 0.2) is 5.96 Å². The van der Waals surface area contributed by atoms with Crippen molar-refractivity contribution in [3.05, 3.63) is 35.6 Å².